The van der Waals surface area contributed by atoms with E-state index in [1.165, 1.54) is 6.07 Å². The summed E-state index contributed by atoms with van der Waals surface area (Å²) < 4.78 is 10.2. The lowest BCUT2D eigenvalue weighted by Gasteiger charge is -2.02. The first-order chi connectivity index (χ1) is 13.6. The van der Waals surface area contributed by atoms with E-state index in [0.717, 1.165) is 0 Å². The molecule has 3 rings (SSSR count). The maximum absolute atomic E-state index is 12.7. The van der Waals surface area contributed by atoms with Crippen molar-refractivity contribution in [2.45, 2.75) is 13.8 Å². The summed E-state index contributed by atoms with van der Waals surface area (Å²) in [5, 5.41) is 0. The van der Waals surface area contributed by atoms with Gasteiger partial charge in [0.15, 0.2) is 5.78 Å². The summed E-state index contributed by atoms with van der Waals surface area (Å²) in [5.41, 5.74) is 2.63. The van der Waals surface area contributed by atoms with Gasteiger partial charge >= 0.3 is 11.9 Å². The normalized spacial score (nSPS) is 10.5. The van der Waals surface area contributed by atoms with E-state index in [1.54, 1.807) is 62.4 Å². The maximum atomic E-state index is 12.7. The van der Waals surface area contributed by atoms with Gasteiger partial charge in [0.25, 0.3) is 0 Å². The quantitative estimate of drug-likeness (QED) is 0.472. The van der Waals surface area contributed by atoms with Crippen molar-refractivity contribution in [1.29, 1.82) is 0 Å². The standard InChI is InChI=1S/C23H20O5/c1-3-27-22(25)19-14-20(23(26)28-4-2)18-13-11-16(10-12-17(18)19)21(24)15-8-6-5-7-9-15/h5-14H,3-4H2,1-2H3. The maximum Gasteiger partial charge on any atom is 0.338 e. The molecule has 1 aromatic carbocycles. The summed E-state index contributed by atoms with van der Waals surface area (Å²) in [4.78, 5) is 37.5. The van der Waals surface area contributed by atoms with Crippen LogP contribution in [0.15, 0.2) is 60.7 Å². The van der Waals surface area contributed by atoms with Crippen molar-refractivity contribution in [2.75, 3.05) is 13.2 Å². The number of esters is 2. The molecular weight excluding hydrogens is 356 g/mol. The molecule has 0 radical (unpaired) electrons. The highest BCUT2D eigenvalue weighted by atomic mass is 16.5. The van der Waals surface area contributed by atoms with Crippen molar-refractivity contribution in [3.63, 3.8) is 0 Å². The van der Waals surface area contributed by atoms with Crippen LogP contribution in [0.2, 0.25) is 0 Å². The number of carbonyl (C=O) groups excluding carboxylic acids is 3. The third kappa shape index (κ3) is 3.78. The van der Waals surface area contributed by atoms with Crippen molar-refractivity contribution < 1.29 is 23.9 Å². The zero-order valence-electron chi connectivity index (χ0n) is 15.7. The van der Waals surface area contributed by atoms with Crippen LogP contribution in [0.4, 0.5) is 0 Å². The molecule has 0 aromatic heterocycles. The highest BCUT2D eigenvalue weighted by Crippen LogP contribution is 2.33. The molecule has 5 heteroatoms. The molecule has 0 N–H and O–H groups in total. The summed E-state index contributed by atoms with van der Waals surface area (Å²) in [6.07, 6.45) is 0. The molecule has 0 saturated heterocycles. The highest BCUT2D eigenvalue weighted by molar-refractivity contribution is 6.11. The second kappa shape index (κ2) is 8.48. The number of hydrogen-bond donors (Lipinski definition) is 0. The Labute approximate surface area is 163 Å². The van der Waals surface area contributed by atoms with Gasteiger partial charge in [0.05, 0.1) is 24.3 Å². The van der Waals surface area contributed by atoms with Crippen LogP contribution in [0.5, 0.6) is 0 Å². The first kappa shape index (κ1) is 19.3. The first-order valence-corrected chi connectivity index (χ1v) is 9.07. The van der Waals surface area contributed by atoms with Crippen molar-refractivity contribution >= 4 is 17.7 Å². The lowest BCUT2D eigenvalue weighted by atomic mass is 10.1. The zero-order chi connectivity index (χ0) is 20.1. The van der Waals surface area contributed by atoms with Crippen LogP contribution in [0.25, 0.3) is 11.1 Å². The van der Waals surface area contributed by atoms with Crippen LogP contribution in [0.3, 0.4) is 0 Å². The average Bonchev–Trinajstić information content (AvgIpc) is 2.94. The summed E-state index contributed by atoms with van der Waals surface area (Å²) in [6.45, 7) is 3.87. The zero-order valence-corrected chi connectivity index (χ0v) is 15.7. The van der Waals surface area contributed by atoms with E-state index >= 15 is 0 Å². The summed E-state index contributed by atoms with van der Waals surface area (Å²) in [7, 11) is 0. The minimum absolute atomic E-state index is 0.145. The molecule has 2 aliphatic rings. The molecule has 0 spiro atoms. The van der Waals surface area contributed by atoms with Crippen LogP contribution in [0.1, 0.15) is 50.5 Å². The summed E-state index contributed by atoms with van der Waals surface area (Å²) >= 11 is 0. The number of carbonyl (C=O) groups is 3. The van der Waals surface area contributed by atoms with Gasteiger partial charge in [0.2, 0.25) is 0 Å². The van der Waals surface area contributed by atoms with E-state index in [1.807, 2.05) is 6.07 Å². The van der Waals surface area contributed by atoms with Crippen LogP contribution in [-0.4, -0.2) is 30.9 Å². The third-order valence-corrected chi connectivity index (χ3v) is 4.31. The van der Waals surface area contributed by atoms with Crippen LogP contribution >= 0.6 is 0 Å². The average molecular weight is 376 g/mol. The van der Waals surface area contributed by atoms with Gasteiger partial charge in [0.1, 0.15) is 0 Å². The molecular formula is C23H20O5. The van der Waals surface area contributed by atoms with Gasteiger partial charge in [-0.15, -0.1) is 0 Å². The van der Waals surface area contributed by atoms with Gasteiger partial charge < -0.3 is 9.47 Å². The summed E-state index contributed by atoms with van der Waals surface area (Å²) in [6, 6.07) is 17.0. The van der Waals surface area contributed by atoms with Gasteiger partial charge in [0, 0.05) is 11.1 Å². The Morgan fingerprint density at radius 1 is 0.679 bits per heavy atom. The molecule has 0 bridgehead atoms. The molecule has 5 nitrogen and oxygen atoms in total. The van der Waals surface area contributed by atoms with Gasteiger partial charge in [-0.05, 0) is 31.0 Å². The van der Waals surface area contributed by atoms with E-state index in [4.69, 9.17) is 9.47 Å². The Kier molecular flexibility index (Phi) is 5.84. The Morgan fingerprint density at radius 3 is 1.61 bits per heavy atom. The molecule has 0 amide bonds. The van der Waals surface area contributed by atoms with Gasteiger partial charge in [-0.2, -0.15) is 0 Å². The first-order valence-electron chi connectivity index (χ1n) is 9.07. The van der Waals surface area contributed by atoms with E-state index in [2.05, 4.69) is 0 Å². The molecule has 0 saturated carbocycles. The Hall–Kier alpha value is -3.47. The van der Waals surface area contributed by atoms with Crippen molar-refractivity contribution in [1.82, 2.24) is 0 Å². The topological polar surface area (TPSA) is 69.7 Å². The highest BCUT2D eigenvalue weighted by Gasteiger charge is 2.25. The monoisotopic (exact) mass is 376 g/mol. The lowest BCUT2D eigenvalue weighted by Crippen LogP contribution is -2.05. The molecule has 0 aliphatic heterocycles. The fourth-order valence-electron chi connectivity index (χ4n) is 3.01. The molecule has 0 atom stereocenters. The number of hydrogen-bond acceptors (Lipinski definition) is 5. The predicted molar refractivity (Wildman–Crippen MR) is 105 cm³/mol. The minimum atomic E-state index is -0.523. The fourth-order valence-corrected chi connectivity index (χ4v) is 3.01. The third-order valence-electron chi connectivity index (χ3n) is 4.31. The lowest BCUT2D eigenvalue weighted by molar-refractivity contribution is 0.0525. The Bertz CT molecular complexity index is 938. The smallest absolute Gasteiger partial charge is 0.338 e. The Morgan fingerprint density at radius 2 is 1.14 bits per heavy atom. The molecule has 0 fully saturated rings. The van der Waals surface area contributed by atoms with Gasteiger partial charge in [-0.25, -0.2) is 9.59 Å². The van der Waals surface area contributed by atoms with E-state index < -0.39 is 11.9 Å². The molecule has 0 heterocycles. The number of ketones is 1. The van der Waals surface area contributed by atoms with Crippen molar-refractivity contribution in [3.05, 3.63) is 82.9 Å². The molecule has 1 aromatic rings. The molecule has 2 aliphatic carbocycles. The van der Waals surface area contributed by atoms with Crippen LogP contribution < -0.4 is 0 Å². The summed E-state index contributed by atoms with van der Waals surface area (Å²) in [5.74, 6) is -1.19. The number of fused-ring (bicyclic) bond motifs is 1. The number of ether oxygens (including phenoxy) is 2. The molecule has 142 valence electrons. The van der Waals surface area contributed by atoms with Gasteiger partial charge in [-0.3, -0.25) is 4.79 Å². The van der Waals surface area contributed by atoms with E-state index in [0.29, 0.717) is 22.3 Å². The Balaban J connectivity index is 2.12. The van der Waals surface area contributed by atoms with Gasteiger partial charge in [-0.1, -0.05) is 54.6 Å². The van der Waals surface area contributed by atoms with Crippen molar-refractivity contribution in [2.24, 2.45) is 0 Å². The van der Waals surface area contributed by atoms with E-state index in [9.17, 15) is 14.4 Å². The largest absolute Gasteiger partial charge is 0.462 e. The molecule has 28 heavy (non-hydrogen) atoms. The molecule has 0 unspecified atom stereocenters. The minimum Gasteiger partial charge on any atom is -0.462 e. The van der Waals surface area contributed by atoms with E-state index in [-0.39, 0.29) is 30.1 Å². The predicted octanol–water partition coefficient (Wildman–Crippen LogP) is 4.38. The van der Waals surface area contributed by atoms with Crippen LogP contribution in [-0.2, 0) is 9.47 Å². The van der Waals surface area contributed by atoms with Crippen molar-refractivity contribution in [3.8, 4) is 11.1 Å². The fraction of sp³-hybridized carbons (Fsp3) is 0.174. The van der Waals surface area contributed by atoms with Crippen LogP contribution in [0, 0.1) is 0 Å². The number of rotatable bonds is 6. The second-order valence-electron chi connectivity index (χ2n) is 6.06. The SMILES string of the molecule is CCOC(=O)c1cc(C(=O)OCC)c2ccc(C(=O)c3ccccc3)ccc1-2. The second-order valence-corrected chi connectivity index (χ2v) is 6.06. The number of benzene rings is 1.